The maximum atomic E-state index is 12.3. The van der Waals surface area contributed by atoms with Gasteiger partial charge in [-0.05, 0) is 38.1 Å². The zero-order valence-electron chi connectivity index (χ0n) is 12.4. The number of amides is 1. The van der Waals surface area contributed by atoms with Gasteiger partial charge < -0.3 is 15.2 Å². The lowest BCUT2D eigenvalue weighted by Crippen LogP contribution is -2.40. The minimum Gasteiger partial charge on any atom is -0.505 e. The van der Waals surface area contributed by atoms with Gasteiger partial charge in [-0.2, -0.15) is 0 Å². The summed E-state index contributed by atoms with van der Waals surface area (Å²) in [6, 6.07) is 3.43. The number of likely N-dealkylation sites (tertiary alicyclic amines) is 1. The lowest BCUT2D eigenvalue weighted by molar-refractivity contribution is 0.0935. The highest BCUT2D eigenvalue weighted by Gasteiger charge is 2.25. The highest BCUT2D eigenvalue weighted by Crippen LogP contribution is 2.34. The SMILES string of the molecule is CCN1CCC[C@H]1CNC(=O)c1c(OC)ccc(Cl)c1O. The molecule has 116 valence electrons. The number of carbonyl (C=O) groups excluding carboxylic acids is 1. The van der Waals surface area contributed by atoms with Gasteiger partial charge in [0, 0.05) is 12.6 Å². The number of phenolic OH excluding ortho intramolecular Hbond substituents is 1. The van der Waals surface area contributed by atoms with Crippen LogP contribution in [-0.2, 0) is 0 Å². The van der Waals surface area contributed by atoms with E-state index in [-0.39, 0.29) is 22.2 Å². The molecule has 0 saturated carbocycles. The van der Waals surface area contributed by atoms with Crippen LogP contribution in [0.25, 0.3) is 0 Å². The Hall–Kier alpha value is -1.46. The number of hydrogen-bond donors (Lipinski definition) is 2. The van der Waals surface area contributed by atoms with E-state index in [1.165, 1.54) is 13.2 Å². The first-order valence-corrected chi connectivity index (χ1v) is 7.54. The molecule has 1 fully saturated rings. The van der Waals surface area contributed by atoms with Crippen LogP contribution in [0.2, 0.25) is 5.02 Å². The first kappa shape index (κ1) is 15.9. The van der Waals surface area contributed by atoms with Crippen LogP contribution in [-0.4, -0.2) is 48.7 Å². The highest BCUT2D eigenvalue weighted by atomic mass is 35.5. The number of likely N-dealkylation sites (N-methyl/N-ethyl adjacent to an activating group) is 1. The van der Waals surface area contributed by atoms with Gasteiger partial charge in [-0.1, -0.05) is 18.5 Å². The molecule has 6 heteroatoms. The van der Waals surface area contributed by atoms with Crippen molar-refractivity contribution in [1.29, 1.82) is 0 Å². The fourth-order valence-electron chi connectivity index (χ4n) is 2.78. The maximum absolute atomic E-state index is 12.3. The summed E-state index contributed by atoms with van der Waals surface area (Å²) in [7, 11) is 1.45. The molecule has 1 aliphatic heterocycles. The van der Waals surface area contributed by atoms with Gasteiger partial charge in [0.2, 0.25) is 0 Å². The van der Waals surface area contributed by atoms with Crippen LogP contribution in [0.15, 0.2) is 12.1 Å². The fraction of sp³-hybridized carbons (Fsp3) is 0.533. The largest absolute Gasteiger partial charge is 0.505 e. The molecule has 0 aromatic heterocycles. The Morgan fingerprint density at radius 2 is 2.33 bits per heavy atom. The summed E-state index contributed by atoms with van der Waals surface area (Å²) in [5.41, 5.74) is 0.0889. The fourth-order valence-corrected chi connectivity index (χ4v) is 2.94. The van der Waals surface area contributed by atoms with E-state index in [0.717, 1.165) is 25.9 Å². The highest BCUT2D eigenvalue weighted by molar-refractivity contribution is 6.32. The zero-order chi connectivity index (χ0) is 15.4. The van der Waals surface area contributed by atoms with Crippen molar-refractivity contribution in [2.24, 2.45) is 0 Å². The van der Waals surface area contributed by atoms with Gasteiger partial charge in [-0.25, -0.2) is 0 Å². The Bertz CT molecular complexity index is 522. The van der Waals surface area contributed by atoms with Gasteiger partial charge in [0.05, 0.1) is 12.1 Å². The Kier molecular flexibility index (Phi) is 5.31. The molecule has 0 spiro atoms. The van der Waals surface area contributed by atoms with E-state index in [4.69, 9.17) is 16.3 Å². The number of nitrogens with zero attached hydrogens (tertiary/aromatic N) is 1. The van der Waals surface area contributed by atoms with Crippen molar-refractivity contribution in [3.05, 3.63) is 22.7 Å². The number of nitrogens with one attached hydrogen (secondary N) is 1. The number of rotatable bonds is 5. The molecule has 1 saturated heterocycles. The van der Waals surface area contributed by atoms with E-state index in [9.17, 15) is 9.90 Å². The maximum Gasteiger partial charge on any atom is 0.258 e. The molecule has 1 heterocycles. The molecule has 1 aromatic carbocycles. The van der Waals surface area contributed by atoms with Crippen molar-refractivity contribution in [3.63, 3.8) is 0 Å². The van der Waals surface area contributed by atoms with Crippen molar-refractivity contribution in [2.45, 2.75) is 25.8 Å². The summed E-state index contributed by atoms with van der Waals surface area (Å²) in [6.45, 7) is 4.72. The van der Waals surface area contributed by atoms with E-state index in [1.54, 1.807) is 6.07 Å². The Balaban J connectivity index is 2.08. The number of methoxy groups -OCH3 is 1. The second kappa shape index (κ2) is 7.00. The second-order valence-corrected chi connectivity index (χ2v) is 5.52. The van der Waals surface area contributed by atoms with Gasteiger partial charge >= 0.3 is 0 Å². The standard InChI is InChI=1S/C15H21ClN2O3/c1-3-18-8-4-5-10(18)9-17-15(20)13-12(21-2)7-6-11(16)14(13)19/h6-7,10,19H,3-5,8-9H2,1-2H3,(H,17,20)/t10-/m0/s1. The molecule has 0 aliphatic carbocycles. The molecular formula is C15H21ClN2O3. The number of benzene rings is 1. The molecule has 5 nitrogen and oxygen atoms in total. The van der Waals surface area contributed by atoms with Crippen molar-refractivity contribution in [3.8, 4) is 11.5 Å². The van der Waals surface area contributed by atoms with E-state index >= 15 is 0 Å². The first-order chi connectivity index (χ1) is 10.1. The molecule has 0 radical (unpaired) electrons. The van der Waals surface area contributed by atoms with Crippen molar-refractivity contribution in [1.82, 2.24) is 10.2 Å². The van der Waals surface area contributed by atoms with Crippen LogP contribution >= 0.6 is 11.6 Å². The lowest BCUT2D eigenvalue weighted by Gasteiger charge is -2.23. The third-order valence-electron chi connectivity index (χ3n) is 3.94. The number of hydrogen-bond acceptors (Lipinski definition) is 4. The van der Waals surface area contributed by atoms with Gasteiger partial charge in [-0.15, -0.1) is 0 Å². The molecule has 1 amide bonds. The summed E-state index contributed by atoms with van der Waals surface area (Å²) in [4.78, 5) is 14.7. The van der Waals surface area contributed by atoms with Gasteiger partial charge in [-0.3, -0.25) is 9.69 Å². The van der Waals surface area contributed by atoms with Gasteiger partial charge in [0.1, 0.15) is 11.3 Å². The lowest BCUT2D eigenvalue weighted by atomic mass is 10.1. The predicted molar refractivity (Wildman–Crippen MR) is 82.3 cm³/mol. The van der Waals surface area contributed by atoms with Crippen LogP contribution in [0.1, 0.15) is 30.1 Å². The van der Waals surface area contributed by atoms with Gasteiger partial charge in [0.15, 0.2) is 5.75 Å². The minimum absolute atomic E-state index is 0.0889. The van der Waals surface area contributed by atoms with Crippen molar-refractivity contribution >= 4 is 17.5 Å². The van der Waals surface area contributed by atoms with Crippen molar-refractivity contribution < 1.29 is 14.6 Å². The molecule has 0 unspecified atom stereocenters. The van der Waals surface area contributed by atoms with Gasteiger partial charge in [0.25, 0.3) is 5.91 Å². The minimum atomic E-state index is -0.366. The number of carbonyl (C=O) groups is 1. The monoisotopic (exact) mass is 312 g/mol. The first-order valence-electron chi connectivity index (χ1n) is 7.16. The molecule has 1 aromatic rings. The molecule has 2 N–H and O–H groups in total. The number of halogens is 1. The van der Waals surface area contributed by atoms with E-state index in [2.05, 4.69) is 17.1 Å². The second-order valence-electron chi connectivity index (χ2n) is 5.11. The Labute approximate surface area is 129 Å². The third-order valence-corrected chi connectivity index (χ3v) is 4.25. The smallest absolute Gasteiger partial charge is 0.258 e. The molecule has 0 bridgehead atoms. The summed E-state index contributed by atoms with van der Waals surface area (Å²) >= 11 is 5.87. The van der Waals surface area contributed by atoms with E-state index in [1.807, 2.05) is 0 Å². The van der Waals surface area contributed by atoms with Crippen LogP contribution in [0.4, 0.5) is 0 Å². The number of aromatic hydroxyl groups is 1. The third kappa shape index (κ3) is 3.41. The molecule has 1 atom stereocenters. The Morgan fingerprint density at radius 1 is 1.57 bits per heavy atom. The van der Waals surface area contributed by atoms with E-state index in [0.29, 0.717) is 18.3 Å². The average Bonchev–Trinajstić information content (AvgIpc) is 2.94. The average molecular weight is 313 g/mol. The summed E-state index contributed by atoms with van der Waals surface area (Å²) in [5, 5.41) is 13.0. The summed E-state index contributed by atoms with van der Waals surface area (Å²) in [5.74, 6) is -0.296. The molecular weight excluding hydrogens is 292 g/mol. The van der Waals surface area contributed by atoms with Crippen LogP contribution < -0.4 is 10.1 Å². The molecule has 21 heavy (non-hydrogen) atoms. The molecule has 2 rings (SSSR count). The Morgan fingerprint density at radius 3 is 3.00 bits per heavy atom. The van der Waals surface area contributed by atoms with Crippen molar-refractivity contribution in [2.75, 3.05) is 26.7 Å². The molecule has 1 aliphatic rings. The number of ether oxygens (including phenoxy) is 1. The zero-order valence-corrected chi connectivity index (χ0v) is 13.1. The van der Waals surface area contributed by atoms with Crippen LogP contribution in [0.3, 0.4) is 0 Å². The number of phenols is 1. The normalized spacial score (nSPS) is 18.7. The summed E-state index contributed by atoms with van der Waals surface area (Å²) < 4.78 is 5.13. The van der Waals surface area contributed by atoms with Crippen LogP contribution in [0, 0.1) is 0 Å². The summed E-state index contributed by atoms with van der Waals surface area (Å²) in [6.07, 6.45) is 2.23. The van der Waals surface area contributed by atoms with Crippen LogP contribution in [0.5, 0.6) is 11.5 Å². The van der Waals surface area contributed by atoms with E-state index < -0.39 is 0 Å². The quantitative estimate of drug-likeness (QED) is 0.875. The topological polar surface area (TPSA) is 61.8 Å². The predicted octanol–water partition coefficient (Wildman–Crippen LogP) is 2.27.